The monoisotopic (exact) mass is 247 g/mol. The number of anilines is 1. The third-order valence-electron chi connectivity index (χ3n) is 2.52. The number of rotatable bonds is 1. The molecule has 0 unspecified atom stereocenters. The summed E-state index contributed by atoms with van der Waals surface area (Å²) >= 11 is 0. The van der Waals surface area contributed by atoms with E-state index in [1.807, 2.05) is 0 Å². The molecule has 1 nitrogen and oxygen atoms in total. The normalized spacial score (nSPS) is 9.50. The molecule has 0 heterocycles. The van der Waals surface area contributed by atoms with Crippen molar-refractivity contribution in [3.05, 3.63) is 66.8 Å². The zero-order chi connectivity index (χ0) is 13.7. The highest BCUT2D eigenvalue weighted by Gasteiger charge is 2.07. The van der Waals surface area contributed by atoms with Gasteiger partial charge in [0.25, 0.3) is 0 Å². The van der Waals surface area contributed by atoms with Gasteiger partial charge in [0.2, 0.25) is 0 Å². The fourth-order valence-electron chi connectivity index (χ4n) is 1.49. The fourth-order valence-corrected chi connectivity index (χ4v) is 1.49. The Labute approximate surface area is 106 Å². The fraction of sp³-hybridized carbons (Fsp3) is 0.0667. The maximum atomic E-state index is 13.3. The molecule has 0 fully saturated rings. The Hall–Kier alpha value is -2.16. The molecule has 0 aromatic heterocycles. The van der Waals surface area contributed by atoms with Gasteiger partial charge in [-0.15, -0.1) is 13.2 Å². The summed E-state index contributed by atoms with van der Waals surface area (Å²) < 4.78 is 26.7. The molecule has 0 atom stereocenters. The molecule has 0 aliphatic carbocycles. The van der Waals surface area contributed by atoms with Crippen LogP contribution in [0, 0.1) is 18.6 Å². The molecule has 18 heavy (non-hydrogen) atoms. The lowest BCUT2D eigenvalue weighted by Crippen LogP contribution is -1.91. The largest absolute Gasteiger partial charge is 0.399 e. The summed E-state index contributed by atoms with van der Waals surface area (Å²) in [5, 5.41) is 0. The summed E-state index contributed by atoms with van der Waals surface area (Å²) in [5.41, 5.74) is 7.46. The molecule has 2 rings (SSSR count). The van der Waals surface area contributed by atoms with Crippen LogP contribution in [-0.2, 0) is 0 Å². The number of nitrogens with two attached hydrogens (primary N) is 1. The Morgan fingerprint density at radius 3 is 1.78 bits per heavy atom. The zero-order valence-electron chi connectivity index (χ0n) is 10.2. The van der Waals surface area contributed by atoms with Gasteiger partial charge in [-0.1, -0.05) is 12.1 Å². The molecule has 0 aliphatic rings. The summed E-state index contributed by atoms with van der Waals surface area (Å²) in [6.07, 6.45) is 0. The highest BCUT2D eigenvalue weighted by Crippen LogP contribution is 2.24. The van der Waals surface area contributed by atoms with E-state index in [1.54, 1.807) is 24.3 Å². The van der Waals surface area contributed by atoms with E-state index in [1.165, 1.54) is 19.1 Å². The topological polar surface area (TPSA) is 26.0 Å². The van der Waals surface area contributed by atoms with Gasteiger partial charge in [-0.05, 0) is 42.3 Å². The lowest BCUT2D eigenvalue weighted by atomic mass is 10.0. The molecule has 2 aromatic carbocycles. The highest BCUT2D eigenvalue weighted by molar-refractivity contribution is 5.66. The molecule has 0 spiro atoms. The molecule has 0 amide bonds. The van der Waals surface area contributed by atoms with Crippen LogP contribution in [0.25, 0.3) is 11.1 Å². The van der Waals surface area contributed by atoms with Crippen LogP contribution in [0.15, 0.2) is 49.6 Å². The second-order valence-electron chi connectivity index (χ2n) is 3.69. The summed E-state index contributed by atoms with van der Waals surface area (Å²) in [6, 6.07) is 9.52. The van der Waals surface area contributed by atoms with E-state index in [4.69, 9.17) is 5.73 Å². The molecule has 0 saturated carbocycles. The minimum Gasteiger partial charge on any atom is -0.399 e. The lowest BCUT2D eigenvalue weighted by Gasteiger charge is -2.05. The van der Waals surface area contributed by atoms with Crippen molar-refractivity contribution in [2.45, 2.75) is 6.92 Å². The number of hydrogen-bond acceptors (Lipinski definition) is 1. The third-order valence-corrected chi connectivity index (χ3v) is 2.52. The Balaban J connectivity index is 0.000000771. The summed E-state index contributed by atoms with van der Waals surface area (Å²) in [7, 11) is 0. The van der Waals surface area contributed by atoms with Crippen LogP contribution in [0.2, 0.25) is 0 Å². The van der Waals surface area contributed by atoms with Crippen molar-refractivity contribution in [1.29, 1.82) is 0 Å². The summed E-state index contributed by atoms with van der Waals surface area (Å²) in [5.74, 6) is -1.07. The first-order chi connectivity index (χ1) is 8.58. The maximum absolute atomic E-state index is 13.3. The van der Waals surface area contributed by atoms with Gasteiger partial charge in [-0.25, -0.2) is 8.78 Å². The van der Waals surface area contributed by atoms with Crippen LogP contribution in [-0.4, -0.2) is 0 Å². The van der Waals surface area contributed by atoms with Crippen LogP contribution >= 0.6 is 0 Å². The third kappa shape index (κ3) is 2.94. The molecular weight excluding hydrogens is 232 g/mol. The first-order valence-corrected chi connectivity index (χ1v) is 5.39. The van der Waals surface area contributed by atoms with Crippen molar-refractivity contribution in [3.8, 4) is 11.1 Å². The van der Waals surface area contributed by atoms with E-state index in [0.29, 0.717) is 11.3 Å². The van der Waals surface area contributed by atoms with E-state index in [9.17, 15) is 8.78 Å². The molecule has 94 valence electrons. The van der Waals surface area contributed by atoms with Gasteiger partial charge in [0.15, 0.2) is 0 Å². The van der Waals surface area contributed by atoms with E-state index < -0.39 is 11.6 Å². The van der Waals surface area contributed by atoms with E-state index in [2.05, 4.69) is 13.2 Å². The number of benzene rings is 2. The predicted molar refractivity (Wildman–Crippen MR) is 72.2 cm³/mol. The van der Waals surface area contributed by atoms with Gasteiger partial charge in [0, 0.05) is 11.3 Å². The average molecular weight is 247 g/mol. The van der Waals surface area contributed by atoms with Crippen LogP contribution in [0.4, 0.5) is 14.5 Å². The van der Waals surface area contributed by atoms with Crippen molar-refractivity contribution in [3.63, 3.8) is 0 Å². The van der Waals surface area contributed by atoms with Crippen molar-refractivity contribution in [1.82, 2.24) is 0 Å². The molecule has 0 bridgehead atoms. The molecule has 0 aliphatic heterocycles. The van der Waals surface area contributed by atoms with E-state index in [-0.39, 0.29) is 5.56 Å². The first kappa shape index (κ1) is 13.9. The first-order valence-electron chi connectivity index (χ1n) is 5.39. The molecule has 3 heteroatoms. The van der Waals surface area contributed by atoms with Gasteiger partial charge in [-0.3, -0.25) is 0 Å². The van der Waals surface area contributed by atoms with Crippen molar-refractivity contribution in [2.24, 2.45) is 0 Å². The van der Waals surface area contributed by atoms with Crippen LogP contribution in [0.3, 0.4) is 0 Å². The Bertz CT molecular complexity index is 510. The maximum Gasteiger partial charge on any atom is 0.129 e. The second-order valence-corrected chi connectivity index (χ2v) is 3.69. The Morgan fingerprint density at radius 2 is 1.33 bits per heavy atom. The van der Waals surface area contributed by atoms with Crippen molar-refractivity contribution < 1.29 is 8.78 Å². The quantitative estimate of drug-likeness (QED) is 0.589. The minimum atomic E-state index is -0.535. The van der Waals surface area contributed by atoms with Crippen LogP contribution in [0.5, 0.6) is 0 Å². The zero-order valence-corrected chi connectivity index (χ0v) is 10.2. The van der Waals surface area contributed by atoms with Gasteiger partial charge in [0.1, 0.15) is 11.6 Å². The van der Waals surface area contributed by atoms with Crippen LogP contribution < -0.4 is 5.73 Å². The molecule has 0 radical (unpaired) electrons. The molecule has 2 N–H and O–H groups in total. The predicted octanol–water partition coefficient (Wildman–Crippen LogP) is 4.32. The lowest BCUT2D eigenvalue weighted by molar-refractivity contribution is 0.569. The number of halogens is 2. The number of hydrogen-bond donors (Lipinski definition) is 1. The van der Waals surface area contributed by atoms with Gasteiger partial charge in [-0.2, -0.15) is 0 Å². The van der Waals surface area contributed by atoms with E-state index in [0.717, 1.165) is 5.56 Å². The Morgan fingerprint density at radius 1 is 0.889 bits per heavy atom. The minimum absolute atomic E-state index is 0.0409. The smallest absolute Gasteiger partial charge is 0.129 e. The Kier molecular flexibility index (Phi) is 4.60. The van der Waals surface area contributed by atoms with Crippen molar-refractivity contribution >= 4 is 5.69 Å². The average Bonchev–Trinajstić information content (AvgIpc) is 2.38. The molecule has 2 aromatic rings. The second kappa shape index (κ2) is 5.96. The SMILES string of the molecule is C=C.Cc1c(F)cc(-c2ccc(N)cc2)cc1F. The molecule has 0 saturated heterocycles. The summed E-state index contributed by atoms with van der Waals surface area (Å²) in [4.78, 5) is 0. The van der Waals surface area contributed by atoms with Crippen LogP contribution in [0.1, 0.15) is 5.56 Å². The van der Waals surface area contributed by atoms with Gasteiger partial charge < -0.3 is 5.73 Å². The number of nitrogen functional groups attached to an aromatic ring is 1. The van der Waals surface area contributed by atoms with Crippen molar-refractivity contribution in [2.75, 3.05) is 5.73 Å². The van der Waals surface area contributed by atoms with Gasteiger partial charge in [0.05, 0.1) is 0 Å². The van der Waals surface area contributed by atoms with E-state index >= 15 is 0 Å². The standard InChI is InChI=1S/C13H11F2N.C2H4/c1-8-12(14)6-10(7-13(8)15)9-2-4-11(16)5-3-9;1-2/h2-7H,16H2,1H3;1-2H2. The molecular formula is C15H15F2N. The summed E-state index contributed by atoms with van der Waals surface area (Å²) in [6.45, 7) is 7.41. The highest BCUT2D eigenvalue weighted by atomic mass is 19.1. The van der Waals surface area contributed by atoms with Gasteiger partial charge >= 0.3 is 0 Å².